The largest absolute Gasteiger partial charge is 0.475 e. The number of nitrogens with two attached hydrogens (primary N) is 1. The minimum atomic E-state index is -4.25. The molecule has 3 rings (SSSR count). The van der Waals surface area contributed by atoms with Gasteiger partial charge in [-0.1, -0.05) is 26.3 Å². The molecule has 1 amide bonds. The van der Waals surface area contributed by atoms with Crippen molar-refractivity contribution in [2.45, 2.75) is 58.2 Å². The van der Waals surface area contributed by atoms with Crippen molar-refractivity contribution >= 4 is 27.6 Å². The van der Waals surface area contributed by atoms with Crippen molar-refractivity contribution in [3.63, 3.8) is 0 Å². The Labute approximate surface area is 218 Å². The maximum Gasteiger partial charge on any atom is 0.281 e. The molecular formula is C26H34N6O4S. The second-order valence-electron chi connectivity index (χ2n) is 9.19. The molecule has 2 unspecified atom stereocenters. The number of nitrogens with one attached hydrogen (secondary N) is 1. The van der Waals surface area contributed by atoms with Crippen molar-refractivity contribution in [3.8, 4) is 17.1 Å². The molecule has 198 valence electrons. The Morgan fingerprint density at radius 2 is 1.81 bits per heavy atom. The lowest BCUT2D eigenvalue weighted by atomic mass is 9.99. The Morgan fingerprint density at radius 1 is 1.08 bits per heavy atom. The van der Waals surface area contributed by atoms with Crippen LogP contribution >= 0.6 is 0 Å². The van der Waals surface area contributed by atoms with Crippen LogP contribution in [0.5, 0.6) is 5.88 Å². The van der Waals surface area contributed by atoms with E-state index in [1.165, 1.54) is 18.2 Å². The summed E-state index contributed by atoms with van der Waals surface area (Å²) in [6, 6.07) is 11.0. The van der Waals surface area contributed by atoms with Gasteiger partial charge in [0.25, 0.3) is 15.9 Å². The van der Waals surface area contributed by atoms with Crippen LogP contribution in [0.2, 0.25) is 0 Å². The Hall–Kier alpha value is -3.73. The Balaban J connectivity index is 2.01. The minimum Gasteiger partial charge on any atom is -0.475 e. The topological polar surface area (TPSA) is 140 Å². The van der Waals surface area contributed by atoms with Crippen LogP contribution in [0.3, 0.4) is 0 Å². The SMILES string of the molecule is CCC(C)C(C)N(C)c1nc(-c2ccc(OC(C)C)nc2)ccc1C(=O)NS(=O)(=O)c1cccc(N)n1. The number of ether oxygens (including phenoxy) is 1. The fraction of sp³-hybridized carbons (Fsp3) is 0.385. The Morgan fingerprint density at radius 3 is 2.41 bits per heavy atom. The first-order valence-corrected chi connectivity index (χ1v) is 13.6. The first-order chi connectivity index (χ1) is 17.4. The molecule has 0 saturated carbocycles. The van der Waals surface area contributed by atoms with Gasteiger partial charge in [0.1, 0.15) is 11.6 Å². The number of carbonyl (C=O) groups is 1. The molecule has 0 bridgehead atoms. The van der Waals surface area contributed by atoms with Gasteiger partial charge in [-0.15, -0.1) is 0 Å². The molecule has 3 aromatic heterocycles. The van der Waals surface area contributed by atoms with E-state index < -0.39 is 15.9 Å². The lowest BCUT2D eigenvalue weighted by molar-refractivity contribution is 0.0981. The molecule has 0 radical (unpaired) electrons. The number of anilines is 2. The molecule has 0 spiro atoms. The highest BCUT2D eigenvalue weighted by molar-refractivity contribution is 7.90. The van der Waals surface area contributed by atoms with E-state index in [2.05, 4.69) is 28.5 Å². The third-order valence-electron chi connectivity index (χ3n) is 6.17. The number of hydrogen-bond donors (Lipinski definition) is 2. The number of sulfonamides is 1. The van der Waals surface area contributed by atoms with Crippen molar-refractivity contribution in [3.05, 3.63) is 54.2 Å². The first-order valence-electron chi connectivity index (χ1n) is 12.1. The highest BCUT2D eigenvalue weighted by Gasteiger charge is 2.27. The monoisotopic (exact) mass is 526 g/mol. The van der Waals surface area contributed by atoms with Gasteiger partial charge in [0.2, 0.25) is 5.88 Å². The number of aromatic nitrogens is 3. The molecule has 3 N–H and O–H groups in total. The number of hydrogen-bond acceptors (Lipinski definition) is 9. The second-order valence-corrected chi connectivity index (χ2v) is 10.8. The van der Waals surface area contributed by atoms with Gasteiger partial charge in [0.15, 0.2) is 5.03 Å². The van der Waals surface area contributed by atoms with Gasteiger partial charge in [0.05, 0.1) is 17.4 Å². The summed E-state index contributed by atoms with van der Waals surface area (Å²) in [5.74, 6) is 0.350. The predicted octanol–water partition coefficient (Wildman–Crippen LogP) is 3.90. The van der Waals surface area contributed by atoms with Crippen LogP contribution in [0.25, 0.3) is 11.3 Å². The summed E-state index contributed by atoms with van der Waals surface area (Å²) < 4.78 is 33.4. The summed E-state index contributed by atoms with van der Waals surface area (Å²) in [6.45, 7) is 10.1. The summed E-state index contributed by atoms with van der Waals surface area (Å²) in [7, 11) is -2.41. The summed E-state index contributed by atoms with van der Waals surface area (Å²) in [6.07, 6.45) is 2.57. The van der Waals surface area contributed by atoms with Crippen LogP contribution in [-0.4, -0.2) is 48.5 Å². The molecule has 10 nitrogen and oxygen atoms in total. The molecule has 3 aromatic rings. The van der Waals surface area contributed by atoms with E-state index >= 15 is 0 Å². The van der Waals surface area contributed by atoms with Gasteiger partial charge in [-0.05, 0) is 57.0 Å². The highest BCUT2D eigenvalue weighted by Crippen LogP contribution is 2.28. The van der Waals surface area contributed by atoms with Gasteiger partial charge in [-0.3, -0.25) is 4.79 Å². The van der Waals surface area contributed by atoms with Crippen LogP contribution in [0.1, 0.15) is 51.4 Å². The molecule has 37 heavy (non-hydrogen) atoms. The van der Waals surface area contributed by atoms with Crippen molar-refractivity contribution in [2.75, 3.05) is 17.7 Å². The average molecular weight is 527 g/mol. The molecule has 0 fully saturated rings. The molecule has 0 saturated heterocycles. The van der Waals surface area contributed by atoms with Crippen molar-refractivity contribution < 1.29 is 17.9 Å². The van der Waals surface area contributed by atoms with Crippen LogP contribution in [0.4, 0.5) is 11.6 Å². The summed E-state index contributed by atoms with van der Waals surface area (Å²) in [4.78, 5) is 28.1. The molecule has 0 aliphatic heterocycles. The second kappa shape index (κ2) is 11.5. The molecule has 2 atom stereocenters. The number of amides is 1. The van der Waals surface area contributed by atoms with Crippen LogP contribution in [0, 0.1) is 5.92 Å². The van der Waals surface area contributed by atoms with Crippen molar-refractivity contribution in [1.82, 2.24) is 19.7 Å². The third kappa shape index (κ3) is 6.73. The lowest BCUT2D eigenvalue weighted by Crippen LogP contribution is -2.38. The maximum atomic E-state index is 13.3. The Kier molecular flexibility index (Phi) is 8.69. The standard InChI is InChI=1S/C26H34N6O4S/c1-7-17(4)18(5)32(6)25-20(26(33)31-37(34,35)24-10-8-9-22(27)30-24)12-13-21(29-25)19-11-14-23(28-15-19)36-16(2)3/h8-18H,7H2,1-6H3,(H2,27,30)(H,31,33). The normalized spacial score (nSPS) is 13.2. The summed E-state index contributed by atoms with van der Waals surface area (Å²) in [5, 5.41) is -0.344. The summed E-state index contributed by atoms with van der Waals surface area (Å²) >= 11 is 0. The predicted molar refractivity (Wildman–Crippen MR) is 144 cm³/mol. The van der Waals surface area contributed by atoms with Gasteiger partial charge >= 0.3 is 0 Å². The molecule has 0 aromatic carbocycles. The van der Waals surface area contributed by atoms with Crippen LogP contribution in [0.15, 0.2) is 53.7 Å². The number of rotatable bonds is 10. The first kappa shape index (κ1) is 27.9. The summed E-state index contributed by atoms with van der Waals surface area (Å²) in [5.41, 5.74) is 7.04. The number of carbonyl (C=O) groups excluding carboxylic acids is 1. The number of nitrogen functional groups attached to an aromatic ring is 1. The molecule has 0 aliphatic carbocycles. The smallest absolute Gasteiger partial charge is 0.281 e. The van der Waals surface area contributed by atoms with E-state index in [0.717, 1.165) is 12.0 Å². The zero-order chi connectivity index (χ0) is 27.3. The van der Waals surface area contributed by atoms with Gasteiger partial charge in [-0.25, -0.2) is 19.7 Å². The quantitative estimate of drug-likeness (QED) is 0.402. The van der Waals surface area contributed by atoms with Crippen molar-refractivity contribution in [1.29, 1.82) is 0 Å². The molecule has 3 heterocycles. The van der Waals surface area contributed by atoms with Gasteiger partial charge < -0.3 is 15.4 Å². The highest BCUT2D eigenvalue weighted by atomic mass is 32.2. The lowest BCUT2D eigenvalue weighted by Gasteiger charge is -2.31. The minimum absolute atomic E-state index is 0.00429. The molecular weight excluding hydrogens is 492 g/mol. The Bertz CT molecular complexity index is 1350. The maximum absolute atomic E-state index is 13.3. The zero-order valence-corrected chi connectivity index (χ0v) is 22.8. The van der Waals surface area contributed by atoms with E-state index in [0.29, 0.717) is 23.3 Å². The van der Waals surface area contributed by atoms with E-state index in [1.807, 2.05) is 38.8 Å². The van der Waals surface area contributed by atoms with Gasteiger partial charge in [-0.2, -0.15) is 8.42 Å². The molecule has 11 heteroatoms. The average Bonchev–Trinajstić information content (AvgIpc) is 2.86. The number of nitrogens with zero attached hydrogens (tertiary/aromatic N) is 4. The van der Waals surface area contributed by atoms with E-state index in [4.69, 9.17) is 15.5 Å². The fourth-order valence-electron chi connectivity index (χ4n) is 3.62. The van der Waals surface area contributed by atoms with E-state index in [1.54, 1.807) is 24.4 Å². The zero-order valence-electron chi connectivity index (χ0n) is 22.0. The van der Waals surface area contributed by atoms with Crippen LogP contribution in [-0.2, 0) is 10.0 Å². The van der Waals surface area contributed by atoms with E-state index in [-0.39, 0.29) is 28.6 Å². The van der Waals surface area contributed by atoms with Crippen molar-refractivity contribution in [2.24, 2.45) is 5.92 Å². The number of pyridine rings is 3. The fourth-order valence-corrected chi connectivity index (χ4v) is 4.57. The van der Waals surface area contributed by atoms with Crippen LogP contribution < -0.4 is 20.1 Å². The van der Waals surface area contributed by atoms with E-state index in [9.17, 15) is 13.2 Å². The van der Waals surface area contributed by atoms with Gasteiger partial charge in [0, 0.05) is 30.9 Å². The third-order valence-corrected chi connectivity index (χ3v) is 7.40. The molecule has 0 aliphatic rings.